The van der Waals surface area contributed by atoms with E-state index in [1.165, 1.54) is 54.8 Å². The first-order valence-electron chi connectivity index (χ1n) is 18.7. The average Bonchev–Trinajstić information content (AvgIpc) is 3.75. The largest absolute Gasteiger partial charge is 0.478 e. The lowest BCUT2D eigenvalue weighted by Gasteiger charge is -2.42. The molecule has 1 heterocycles. The lowest BCUT2D eigenvalue weighted by molar-refractivity contribution is 0.0696. The summed E-state index contributed by atoms with van der Waals surface area (Å²) in [7, 11) is 0. The molecule has 0 spiro atoms. The second-order valence-corrected chi connectivity index (χ2v) is 18.0. The van der Waals surface area contributed by atoms with Crippen molar-refractivity contribution >= 4 is 17.6 Å². The molecule has 1 aromatic heterocycles. The van der Waals surface area contributed by atoms with Gasteiger partial charge >= 0.3 is 5.97 Å². The zero-order valence-electron chi connectivity index (χ0n) is 32.9. The first-order chi connectivity index (χ1) is 23.3. The third-order valence-corrected chi connectivity index (χ3v) is 12.5. The van der Waals surface area contributed by atoms with E-state index in [2.05, 4.69) is 141 Å². The highest BCUT2D eigenvalue weighted by Gasteiger charge is 2.50. The van der Waals surface area contributed by atoms with E-state index in [9.17, 15) is 4.79 Å². The van der Waals surface area contributed by atoms with E-state index < -0.39 is 5.97 Å². The standard InChI is InChI=1S/C24H34.C21H27N3O2/c1-8-17(2)9-10-19-16-24(19,7)18-11-12-20-21(15-18)23(5,6)14-13-22(20,3)4;1-6-24(19-22-12-14(13-23-19)18(25)26)15-7-8-16-17(11-15)21(4,5)10-9-20(16,2)3/h8-12,15,19H,13-14,16H2,1-7H3;7-8,11-13H,6,9-10H2,1-5H3,(H,25,26)/b10-9+,17-8+;/t19-,24-;/m1./s1. The van der Waals surface area contributed by atoms with Crippen molar-refractivity contribution in [3.05, 3.63) is 106 Å². The summed E-state index contributed by atoms with van der Waals surface area (Å²) in [6.07, 6.45) is 15.8. The van der Waals surface area contributed by atoms with Crippen LogP contribution in [0.15, 0.2) is 72.6 Å². The maximum absolute atomic E-state index is 11.0. The lowest BCUT2D eigenvalue weighted by Crippen LogP contribution is -2.34. The van der Waals surface area contributed by atoms with Crippen LogP contribution in [0.2, 0.25) is 0 Å². The third kappa shape index (κ3) is 7.34. The Morgan fingerprint density at radius 1 is 0.800 bits per heavy atom. The first kappa shape index (κ1) is 37.5. The van der Waals surface area contributed by atoms with Gasteiger partial charge in [0, 0.05) is 24.6 Å². The average molecular weight is 676 g/mol. The fourth-order valence-electron chi connectivity index (χ4n) is 8.07. The molecule has 3 aliphatic rings. The molecule has 0 saturated heterocycles. The van der Waals surface area contributed by atoms with E-state index in [0.717, 1.165) is 12.1 Å². The second-order valence-electron chi connectivity index (χ2n) is 18.0. The second kappa shape index (κ2) is 13.4. The highest BCUT2D eigenvalue weighted by molar-refractivity contribution is 5.86. The first-order valence-corrected chi connectivity index (χ1v) is 18.7. The molecule has 6 rings (SSSR count). The minimum absolute atomic E-state index is 0.0955. The maximum atomic E-state index is 11.0. The topological polar surface area (TPSA) is 66.3 Å². The van der Waals surface area contributed by atoms with Gasteiger partial charge < -0.3 is 10.0 Å². The number of aromatic carboxylic acids is 1. The van der Waals surface area contributed by atoms with Crippen LogP contribution in [0.4, 0.5) is 11.6 Å². The summed E-state index contributed by atoms with van der Waals surface area (Å²) in [6, 6.07) is 14.0. The number of fused-ring (bicyclic) bond motifs is 2. The molecule has 0 amide bonds. The molecule has 2 aromatic carbocycles. The Labute approximate surface area is 302 Å². The van der Waals surface area contributed by atoms with E-state index in [1.54, 1.807) is 16.7 Å². The molecule has 1 saturated carbocycles. The molecule has 0 unspecified atom stereocenters. The van der Waals surface area contributed by atoms with Gasteiger partial charge in [0.15, 0.2) is 0 Å². The molecule has 5 heteroatoms. The number of carboxylic acid groups (broad SMARTS) is 1. The molecule has 0 bridgehead atoms. The van der Waals surface area contributed by atoms with Crippen LogP contribution in [0.25, 0.3) is 0 Å². The SMILES string of the molecule is C/C=C(C)/C=C/[C@@H]1C[C@]1(C)c1ccc2c(c1)C(C)(C)CCC2(C)C.CCN(c1ccc2c(c1)C(C)(C)CCC2(C)C)c1ncc(C(=O)O)cn1. The number of rotatable bonds is 7. The molecular formula is C45H61N3O2. The Balaban J connectivity index is 0.000000195. The zero-order chi connectivity index (χ0) is 36.9. The van der Waals surface area contributed by atoms with Gasteiger partial charge in [0.2, 0.25) is 5.95 Å². The van der Waals surface area contributed by atoms with Crippen molar-refractivity contribution in [2.24, 2.45) is 5.92 Å². The van der Waals surface area contributed by atoms with Crippen molar-refractivity contribution < 1.29 is 9.90 Å². The van der Waals surface area contributed by atoms with Crippen molar-refractivity contribution in [2.75, 3.05) is 11.4 Å². The maximum Gasteiger partial charge on any atom is 0.338 e. The van der Waals surface area contributed by atoms with Gasteiger partial charge in [-0.2, -0.15) is 0 Å². The van der Waals surface area contributed by atoms with Gasteiger partial charge in [-0.05, 0) is 126 Å². The van der Waals surface area contributed by atoms with Gasteiger partial charge in [0.25, 0.3) is 0 Å². The number of aromatic nitrogens is 2. The Kier molecular flexibility index (Phi) is 10.1. The Bertz CT molecular complexity index is 1790. The van der Waals surface area contributed by atoms with Gasteiger partial charge in [-0.1, -0.05) is 110 Å². The minimum Gasteiger partial charge on any atom is -0.478 e. The van der Waals surface area contributed by atoms with Crippen LogP contribution < -0.4 is 4.90 Å². The van der Waals surface area contributed by atoms with Gasteiger partial charge in [-0.25, -0.2) is 14.8 Å². The molecule has 0 radical (unpaired) electrons. The van der Waals surface area contributed by atoms with Crippen molar-refractivity contribution in [3.63, 3.8) is 0 Å². The molecular weight excluding hydrogens is 615 g/mol. The number of hydrogen-bond acceptors (Lipinski definition) is 4. The third-order valence-electron chi connectivity index (χ3n) is 12.5. The van der Waals surface area contributed by atoms with Crippen molar-refractivity contribution in [1.29, 1.82) is 0 Å². The molecule has 50 heavy (non-hydrogen) atoms. The lowest BCUT2D eigenvalue weighted by atomic mass is 9.62. The van der Waals surface area contributed by atoms with Crippen LogP contribution in [0.5, 0.6) is 0 Å². The summed E-state index contributed by atoms with van der Waals surface area (Å²) in [6.45, 7) is 28.4. The van der Waals surface area contributed by atoms with E-state index >= 15 is 0 Å². The smallest absolute Gasteiger partial charge is 0.338 e. The summed E-state index contributed by atoms with van der Waals surface area (Å²) < 4.78 is 0. The number of nitrogens with zero attached hydrogens (tertiary/aromatic N) is 3. The van der Waals surface area contributed by atoms with Crippen molar-refractivity contribution in [1.82, 2.24) is 9.97 Å². The van der Waals surface area contributed by atoms with E-state index in [-0.39, 0.29) is 16.4 Å². The summed E-state index contributed by atoms with van der Waals surface area (Å²) in [5.41, 5.74) is 11.3. The highest BCUT2D eigenvalue weighted by Crippen LogP contribution is 2.56. The van der Waals surface area contributed by atoms with E-state index in [1.807, 2.05) is 11.8 Å². The molecule has 5 nitrogen and oxygen atoms in total. The number of anilines is 2. The minimum atomic E-state index is -1.02. The normalized spacial score (nSPS) is 24.0. The zero-order valence-corrected chi connectivity index (χ0v) is 32.9. The highest BCUT2D eigenvalue weighted by atomic mass is 16.4. The van der Waals surface area contributed by atoms with E-state index in [4.69, 9.17) is 5.11 Å². The summed E-state index contributed by atoms with van der Waals surface area (Å²) in [5, 5.41) is 9.03. The van der Waals surface area contributed by atoms with Crippen molar-refractivity contribution in [3.8, 4) is 0 Å². The van der Waals surface area contributed by atoms with Crippen LogP contribution >= 0.6 is 0 Å². The van der Waals surface area contributed by atoms with Crippen LogP contribution in [-0.4, -0.2) is 27.6 Å². The van der Waals surface area contributed by atoms with Crippen LogP contribution in [0.1, 0.15) is 153 Å². The summed E-state index contributed by atoms with van der Waals surface area (Å²) >= 11 is 0. The van der Waals surface area contributed by atoms with Crippen molar-refractivity contribution in [2.45, 2.75) is 142 Å². The Morgan fingerprint density at radius 3 is 1.80 bits per heavy atom. The number of carbonyl (C=O) groups is 1. The molecule has 3 aliphatic carbocycles. The number of carboxylic acids is 1. The molecule has 1 N–H and O–H groups in total. The Morgan fingerprint density at radius 2 is 1.30 bits per heavy atom. The van der Waals surface area contributed by atoms with Gasteiger partial charge in [0.1, 0.15) is 0 Å². The number of allylic oxidation sites excluding steroid dienone is 4. The Hall–Kier alpha value is -3.73. The van der Waals surface area contributed by atoms with Gasteiger partial charge in [-0.3, -0.25) is 0 Å². The van der Waals surface area contributed by atoms with Crippen LogP contribution in [0, 0.1) is 5.92 Å². The van der Waals surface area contributed by atoms with Gasteiger partial charge in [-0.15, -0.1) is 0 Å². The number of benzene rings is 2. The molecule has 1 fully saturated rings. The quantitative estimate of drug-likeness (QED) is 0.253. The molecule has 268 valence electrons. The molecule has 2 atom stereocenters. The summed E-state index contributed by atoms with van der Waals surface area (Å²) in [4.78, 5) is 21.6. The predicted molar refractivity (Wildman–Crippen MR) is 209 cm³/mol. The van der Waals surface area contributed by atoms with E-state index in [0.29, 0.717) is 34.7 Å². The molecule has 3 aromatic rings. The van der Waals surface area contributed by atoms with Gasteiger partial charge in [0.05, 0.1) is 5.56 Å². The fourth-order valence-corrected chi connectivity index (χ4v) is 8.07. The number of hydrogen-bond donors (Lipinski definition) is 1. The fraction of sp³-hybridized carbons (Fsp3) is 0.533. The predicted octanol–water partition coefficient (Wildman–Crippen LogP) is 11.5. The molecule has 0 aliphatic heterocycles. The van der Waals surface area contributed by atoms with Crippen LogP contribution in [-0.2, 0) is 27.1 Å². The monoisotopic (exact) mass is 675 g/mol. The summed E-state index contributed by atoms with van der Waals surface area (Å²) in [5.74, 6) is 0.188. The van der Waals surface area contributed by atoms with Crippen LogP contribution in [0.3, 0.4) is 0 Å².